The van der Waals surface area contributed by atoms with Gasteiger partial charge in [-0.25, -0.2) is 0 Å². The van der Waals surface area contributed by atoms with E-state index in [-0.39, 0.29) is 40.7 Å². The van der Waals surface area contributed by atoms with Crippen molar-refractivity contribution in [1.29, 1.82) is 0 Å². The zero-order valence-corrected chi connectivity index (χ0v) is 23.8. The molecule has 0 saturated heterocycles. The predicted octanol–water partition coefficient (Wildman–Crippen LogP) is 4.99. The Morgan fingerprint density at radius 2 is 1.82 bits per heavy atom. The van der Waals surface area contributed by atoms with Crippen LogP contribution in [0.4, 0.5) is 5.69 Å². The quantitative estimate of drug-likeness (QED) is 0.362. The molecule has 0 aliphatic heterocycles. The van der Waals surface area contributed by atoms with Gasteiger partial charge in [0.15, 0.2) is 5.69 Å². The maximum atomic E-state index is 14.1. The molecule has 39 heavy (non-hydrogen) atoms. The van der Waals surface area contributed by atoms with Crippen LogP contribution >= 0.6 is 11.5 Å². The molecule has 3 amide bonds. The molecule has 9 nitrogen and oxygen atoms in total. The van der Waals surface area contributed by atoms with Crippen molar-refractivity contribution in [2.45, 2.75) is 84.0 Å². The molecular formula is C29H37N5O4S. The van der Waals surface area contributed by atoms with Gasteiger partial charge in [0.1, 0.15) is 16.7 Å². The summed E-state index contributed by atoms with van der Waals surface area (Å²) in [6, 6.07) is 10.0. The molecule has 3 aromatic rings. The minimum atomic E-state index is -0.983. The monoisotopic (exact) mass is 551 g/mol. The molecule has 1 saturated carbocycles. The first-order valence-corrected chi connectivity index (χ1v) is 14.1. The van der Waals surface area contributed by atoms with E-state index in [1.807, 2.05) is 52.0 Å². The number of carbonyl (C=O) groups excluding carboxylic acids is 3. The lowest BCUT2D eigenvalue weighted by atomic mass is 9.95. The van der Waals surface area contributed by atoms with Crippen LogP contribution in [-0.2, 0) is 11.3 Å². The van der Waals surface area contributed by atoms with Crippen LogP contribution in [0, 0.1) is 6.92 Å². The third kappa shape index (κ3) is 7.06. The second-order valence-corrected chi connectivity index (χ2v) is 11.9. The maximum Gasteiger partial charge on any atom is 0.273 e. The summed E-state index contributed by atoms with van der Waals surface area (Å²) in [5, 5.41) is 6.02. The van der Waals surface area contributed by atoms with Gasteiger partial charge < -0.3 is 25.7 Å². The lowest BCUT2D eigenvalue weighted by Crippen LogP contribution is -2.49. The molecule has 4 N–H and O–H groups in total. The number of nitrogen functional groups attached to an aromatic ring is 1. The highest BCUT2D eigenvalue weighted by atomic mass is 32.1. The number of hydrogen-bond acceptors (Lipinski definition) is 7. The molecule has 1 aliphatic rings. The minimum absolute atomic E-state index is 0.0154. The van der Waals surface area contributed by atoms with E-state index in [0.29, 0.717) is 11.3 Å². The van der Waals surface area contributed by atoms with Gasteiger partial charge in [-0.15, -0.1) is 0 Å². The van der Waals surface area contributed by atoms with Crippen LogP contribution < -0.4 is 16.4 Å². The second-order valence-electron chi connectivity index (χ2n) is 11.1. The number of benzene rings is 1. The number of aryl methyl sites for hydroxylation is 1. The van der Waals surface area contributed by atoms with Crippen LogP contribution in [0.3, 0.4) is 0 Å². The highest BCUT2D eigenvalue weighted by Crippen LogP contribution is 2.31. The van der Waals surface area contributed by atoms with Crippen LogP contribution in [0.2, 0.25) is 0 Å². The van der Waals surface area contributed by atoms with Crippen LogP contribution in [0.15, 0.2) is 47.1 Å². The van der Waals surface area contributed by atoms with Gasteiger partial charge in [0.25, 0.3) is 11.8 Å². The van der Waals surface area contributed by atoms with Gasteiger partial charge >= 0.3 is 0 Å². The molecule has 0 spiro atoms. The Morgan fingerprint density at radius 1 is 1.13 bits per heavy atom. The average molecular weight is 552 g/mol. The summed E-state index contributed by atoms with van der Waals surface area (Å²) >= 11 is 0.866. The number of aromatic nitrogens is 1. The molecule has 10 heteroatoms. The number of hydrogen-bond donors (Lipinski definition) is 3. The first-order valence-electron chi connectivity index (χ1n) is 13.3. The van der Waals surface area contributed by atoms with E-state index in [9.17, 15) is 14.4 Å². The van der Waals surface area contributed by atoms with Crippen molar-refractivity contribution >= 4 is 34.9 Å². The van der Waals surface area contributed by atoms with Crippen molar-refractivity contribution in [3.8, 4) is 0 Å². The molecule has 1 atom stereocenters. The predicted molar refractivity (Wildman–Crippen MR) is 151 cm³/mol. The molecule has 2 heterocycles. The molecule has 1 aliphatic carbocycles. The van der Waals surface area contributed by atoms with Gasteiger partial charge in [0.2, 0.25) is 5.91 Å². The first-order chi connectivity index (χ1) is 18.5. The van der Waals surface area contributed by atoms with Crippen LogP contribution in [0.1, 0.15) is 96.0 Å². The summed E-state index contributed by atoms with van der Waals surface area (Å²) in [5.41, 5.74) is 7.56. The lowest BCUT2D eigenvalue weighted by molar-refractivity contribution is -0.127. The van der Waals surface area contributed by atoms with Gasteiger partial charge in [-0.05, 0) is 69.8 Å². The van der Waals surface area contributed by atoms with Gasteiger partial charge in [0, 0.05) is 11.6 Å². The van der Waals surface area contributed by atoms with E-state index in [4.69, 9.17) is 10.2 Å². The van der Waals surface area contributed by atoms with E-state index in [0.717, 1.165) is 42.8 Å². The lowest BCUT2D eigenvalue weighted by Gasteiger charge is -2.33. The molecule has 1 fully saturated rings. The molecule has 1 aromatic carbocycles. The number of amides is 3. The summed E-state index contributed by atoms with van der Waals surface area (Å²) in [5.74, 6) is -0.729. The van der Waals surface area contributed by atoms with E-state index in [1.165, 1.54) is 17.6 Å². The number of nitrogens with one attached hydrogen (secondary N) is 2. The Morgan fingerprint density at radius 3 is 2.44 bits per heavy atom. The molecular weight excluding hydrogens is 514 g/mol. The van der Waals surface area contributed by atoms with Crippen molar-refractivity contribution in [3.63, 3.8) is 0 Å². The Balaban J connectivity index is 1.70. The normalized spacial score (nSPS) is 15.0. The number of carbonyl (C=O) groups is 3. The standard InChI is InChI=1S/C29H37N5O4S/c1-18-12-14-19(15-13-18)24(27(36)32-29(2,3)4)34(17-21-11-8-16-38-21)28(37)25-22(30)23(33-39-25)26(35)31-20-9-6-5-7-10-20/h8,11-16,20,24H,5-7,9-10,17,30H2,1-4H3,(H,31,35)(H,32,36)/t24-/m0/s1. The molecule has 2 aromatic heterocycles. The van der Waals surface area contributed by atoms with Gasteiger partial charge in [-0.1, -0.05) is 49.1 Å². The highest BCUT2D eigenvalue weighted by Gasteiger charge is 2.37. The Hall–Kier alpha value is -3.66. The summed E-state index contributed by atoms with van der Waals surface area (Å²) in [4.78, 5) is 42.4. The fraction of sp³-hybridized carbons (Fsp3) is 0.448. The van der Waals surface area contributed by atoms with E-state index in [1.54, 1.807) is 12.1 Å². The summed E-state index contributed by atoms with van der Waals surface area (Å²) in [6.45, 7) is 7.62. The van der Waals surface area contributed by atoms with Gasteiger partial charge in [0.05, 0.1) is 18.5 Å². The van der Waals surface area contributed by atoms with E-state index < -0.39 is 17.5 Å². The summed E-state index contributed by atoms with van der Waals surface area (Å²) < 4.78 is 9.82. The summed E-state index contributed by atoms with van der Waals surface area (Å²) in [7, 11) is 0. The van der Waals surface area contributed by atoms with Crippen molar-refractivity contribution in [3.05, 3.63) is 70.1 Å². The zero-order valence-electron chi connectivity index (χ0n) is 23.0. The molecule has 0 unspecified atom stereocenters. The number of nitrogens with two attached hydrogens (primary N) is 1. The van der Waals surface area contributed by atoms with Crippen LogP contribution in [-0.4, -0.2) is 38.6 Å². The molecule has 4 rings (SSSR count). The Bertz CT molecular complexity index is 1290. The topological polar surface area (TPSA) is 131 Å². The van der Waals surface area contributed by atoms with Gasteiger partial charge in [-0.2, -0.15) is 4.37 Å². The first kappa shape index (κ1) is 28.4. The van der Waals surface area contributed by atoms with Crippen LogP contribution in [0.5, 0.6) is 0 Å². The summed E-state index contributed by atoms with van der Waals surface area (Å²) in [6.07, 6.45) is 6.66. The molecule has 0 bridgehead atoms. The average Bonchev–Trinajstić information content (AvgIpc) is 3.53. The fourth-order valence-corrected chi connectivity index (χ4v) is 5.51. The number of rotatable bonds is 8. The smallest absolute Gasteiger partial charge is 0.273 e. The largest absolute Gasteiger partial charge is 0.467 e. The maximum absolute atomic E-state index is 14.1. The third-order valence-electron chi connectivity index (χ3n) is 6.70. The highest BCUT2D eigenvalue weighted by molar-refractivity contribution is 7.09. The number of nitrogens with zero attached hydrogens (tertiary/aromatic N) is 2. The third-order valence-corrected chi connectivity index (χ3v) is 7.55. The molecule has 0 radical (unpaired) electrons. The van der Waals surface area contributed by atoms with Crippen molar-refractivity contribution < 1.29 is 18.8 Å². The van der Waals surface area contributed by atoms with Gasteiger partial charge in [-0.3, -0.25) is 14.4 Å². The van der Waals surface area contributed by atoms with Crippen molar-refractivity contribution in [2.75, 3.05) is 5.73 Å². The Kier molecular flexibility index (Phi) is 8.74. The second kappa shape index (κ2) is 12.0. The number of anilines is 1. The van der Waals surface area contributed by atoms with E-state index >= 15 is 0 Å². The Labute approximate surface area is 233 Å². The van der Waals surface area contributed by atoms with Crippen molar-refractivity contribution in [2.24, 2.45) is 0 Å². The van der Waals surface area contributed by atoms with Crippen LogP contribution in [0.25, 0.3) is 0 Å². The number of furan rings is 1. The molecule has 208 valence electrons. The van der Waals surface area contributed by atoms with Crippen molar-refractivity contribution in [1.82, 2.24) is 19.9 Å². The zero-order chi connectivity index (χ0) is 28.2. The van der Waals surface area contributed by atoms with E-state index in [2.05, 4.69) is 15.0 Å². The fourth-order valence-electron chi connectivity index (χ4n) is 4.76. The SMILES string of the molecule is Cc1ccc([C@@H](C(=O)NC(C)(C)C)N(Cc2ccco2)C(=O)c2snc(C(=O)NC3CCCCC3)c2N)cc1. The minimum Gasteiger partial charge on any atom is -0.467 e.